The Morgan fingerprint density at radius 1 is 1.56 bits per heavy atom. The molecule has 0 aromatic rings. The van der Waals surface area contributed by atoms with Gasteiger partial charge in [-0.25, -0.2) is 8.42 Å². The Morgan fingerprint density at radius 3 is 2.81 bits per heavy atom. The lowest BCUT2D eigenvalue weighted by Crippen LogP contribution is -2.47. The van der Waals surface area contributed by atoms with Gasteiger partial charge in [-0.15, -0.1) is 0 Å². The normalized spacial score (nSPS) is 23.7. The summed E-state index contributed by atoms with van der Waals surface area (Å²) in [4.78, 5) is 11.4. The van der Waals surface area contributed by atoms with E-state index >= 15 is 0 Å². The molecule has 1 saturated heterocycles. The molecule has 0 aromatic heterocycles. The molecule has 0 aromatic carbocycles. The molecule has 5 nitrogen and oxygen atoms in total. The van der Waals surface area contributed by atoms with Crippen LogP contribution in [0.25, 0.3) is 0 Å². The largest absolute Gasteiger partial charge is 0.351 e. The number of hydrogen-bond donors (Lipinski definition) is 2. The standard InChI is InChI=1S/C9H15ClN2O3S/c1-7(10)5-12-9(13)4-8-6-16(14,15)3-2-11-8/h8,11H,1-6H2,(H,12,13). The second-order valence-electron chi connectivity index (χ2n) is 3.76. The van der Waals surface area contributed by atoms with Crippen LogP contribution in [0.5, 0.6) is 0 Å². The number of carbonyl (C=O) groups excluding carboxylic acids is 1. The van der Waals surface area contributed by atoms with Gasteiger partial charge in [-0.3, -0.25) is 4.79 Å². The van der Waals surface area contributed by atoms with E-state index in [1.165, 1.54) is 0 Å². The highest BCUT2D eigenvalue weighted by Crippen LogP contribution is 2.05. The van der Waals surface area contributed by atoms with Crippen LogP contribution in [-0.2, 0) is 14.6 Å². The molecule has 1 aliphatic rings. The third kappa shape index (κ3) is 4.96. The smallest absolute Gasteiger partial charge is 0.221 e. The number of carbonyl (C=O) groups is 1. The average molecular weight is 267 g/mol. The SMILES string of the molecule is C=C(Cl)CNC(=O)CC1CS(=O)(=O)CCN1. The molecular weight excluding hydrogens is 252 g/mol. The van der Waals surface area contributed by atoms with E-state index in [1.54, 1.807) is 0 Å². The number of halogens is 1. The predicted molar refractivity (Wildman–Crippen MR) is 63.1 cm³/mol. The minimum atomic E-state index is -2.99. The first-order valence-electron chi connectivity index (χ1n) is 4.93. The van der Waals surface area contributed by atoms with Crippen LogP contribution in [-0.4, -0.2) is 45.0 Å². The van der Waals surface area contributed by atoms with Gasteiger partial charge in [-0.2, -0.15) is 0 Å². The van der Waals surface area contributed by atoms with Gasteiger partial charge >= 0.3 is 0 Å². The minimum Gasteiger partial charge on any atom is -0.351 e. The third-order valence-electron chi connectivity index (χ3n) is 2.21. The van der Waals surface area contributed by atoms with E-state index in [0.29, 0.717) is 11.6 Å². The highest BCUT2D eigenvalue weighted by molar-refractivity contribution is 7.91. The summed E-state index contributed by atoms with van der Waals surface area (Å²) in [5.41, 5.74) is 0. The zero-order chi connectivity index (χ0) is 12.2. The fourth-order valence-electron chi connectivity index (χ4n) is 1.49. The Labute approximate surface area is 100 Å². The monoisotopic (exact) mass is 266 g/mol. The summed E-state index contributed by atoms with van der Waals surface area (Å²) in [5, 5.41) is 5.89. The van der Waals surface area contributed by atoms with E-state index in [-0.39, 0.29) is 36.4 Å². The van der Waals surface area contributed by atoms with Crippen molar-refractivity contribution < 1.29 is 13.2 Å². The van der Waals surface area contributed by atoms with Gasteiger partial charge in [-0.05, 0) is 0 Å². The summed E-state index contributed by atoms with van der Waals surface area (Å²) < 4.78 is 22.6. The van der Waals surface area contributed by atoms with Crippen LogP contribution in [0.4, 0.5) is 0 Å². The molecular formula is C9H15ClN2O3S. The molecule has 1 rings (SSSR count). The van der Waals surface area contributed by atoms with Gasteiger partial charge in [0.2, 0.25) is 5.91 Å². The van der Waals surface area contributed by atoms with Gasteiger partial charge < -0.3 is 10.6 Å². The molecule has 0 aliphatic carbocycles. The number of nitrogens with one attached hydrogen (secondary N) is 2. The van der Waals surface area contributed by atoms with Crippen molar-refractivity contribution in [3.8, 4) is 0 Å². The molecule has 1 amide bonds. The fourth-order valence-corrected chi connectivity index (χ4v) is 3.00. The Kier molecular flexibility index (Phi) is 4.76. The van der Waals surface area contributed by atoms with E-state index in [2.05, 4.69) is 17.2 Å². The second kappa shape index (κ2) is 5.65. The molecule has 0 saturated carbocycles. The topological polar surface area (TPSA) is 75.3 Å². The van der Waals surface area contributed by atoms with Crippen LogP contribution in [0.15, 0.2) is 11.6 Å². The molecule has 2 N–H and O–H groups in total. The Hall–Kier alpha value is -0.590. The molecule has 1 fully saturated rings. The lowest BCUT2D eigenvalue weighted by molar-refractivity contribution is -0.121. The van der Waals surface area contributed by atoms with Crippen LogP contribution >= 0.6 is 11.6 Å². The Bertz CT molecular complexity index is 380. The van der Waals surface area contributed by atoms with E-state index in [4.69, 9.17) is 11.6 Å². The van der Waals surface area contributed by atoms with Crippen molar-refractivity contribution in [3.05, 3.63) is 11.6 Å². The lowest BCUT2D eigenvalue weighted by Gasteiger charge is -2.23. The van der Waals surface area contributed by atoms with Crippen molar-refractivity contribution in [3.63, 3.8) is 0 Å². The predicted octanol–water partition coefficient (Wildman–Crippen LogP) is -0.368. The molecule has 1 aliphatic heterocycles. The number of sulfone groups is 1. The van der Waals surface area contributed by atoms with Gasteiger partial charge in [0.05, 0.1) is 18.1 Å². The number of amides is 1. The summed E-state index contributed by atoms with van der Waals surface area (Å²) in [6, 6.07) is -0.303. The molecule has 1 heterocycles. The first-order chi connectivity index (χ1) is 7.39. The average Bonchev–Trinajstić information content (AvgIpc) is 2.13. The van der Waals surface area contributed by atoms with Crippen molar-refractivity contribution in [2.45, 2.75) is 12.5 Å². The maximum Gasteiger partial charge on any atom is 0.221 e. The molecule has 1 unspecified atom stereocenters. The first-order valence-corrected chi connectivity index (χ1v) is 7.13. The van der Waals surface area contributed by atoms with E-state index < -0.39 is 9.84 Å². The maximum atomic E-state index is 11.4. The zero-order valence-electron chi connectivity index (χ0n) is 8.83. The van der Waals surface area contributed by atoms with Crippen LogP contribution in [0, 0.1) is 0 Å². The fraction of sp³-hybridized carbons (Fsp3) is 0.667. The van der Waals surface area contributed by atoms with Gasteiger partial charge in [0, 0.05) is 24.0 Å². The van der Waals surface area contributed by atoms with E-state index in [9.17, 15) is 13.2 Å². The molecule has 92 valence electrons. The summed E-state index contributed by atoms with van der Waals surface area (Å²) >= 11 is 5.49. The summed E-state index contributed by atoms with van der Waals surface area (Å²) in [5.74, 6) is -0.0670. The highest BCUT2D eigenvalue weighted by atomic mass is 35.5. The maximum absolute atomic E-state index is 11.4. The third-order valence-corrected chi connectivity index (χ3v) is 4.08. The van der Waals surface area contributed by atoms with Crippen molar-refractivity contribution >= 4 is 27.3 Å². The van der Waals surface area contributed by atoms with Crippen LogP contribution in [0.3, 0.4) is 0 Å². The summed E-state index contributed by atoms with van der Waals surface area (Å²) in [6.07, 6.45) is 0.142. The van der Waals surface area contributed by atoms with Crippen molar-refractivity contribution in [1.29, 1.82) is 0 Å². The lowest BCUT2D eigenvalue weighted by atomic mass is 10.2. The van der Waals surface area contributed by atoms with Gasteiger partial charge in [0.1, 0.15) is 0 Å². The van der Waals surface area contributed by atoms with E-state index in [0.717, 1.165) is 0 Å². The quantitative estimate of drug-likeness (QED) is 0.728. The molecule has 16 heavy (non-hydrogen) atoms. The summed E-state index contributed by atoms with van der Waals surface area (Å²) in [7, 11) is -2.99. The van der Waals surface area contributed by atoms with Crippen LogP contribution in [0.1, 0.15) is 6.42 Å². The Morgan fingerprint density at radius 2 is 2.25 bits per heavy atom. The first kappa shape index (κ1) is 13.5. The van der Waals surface area contributed by atoms with Crippen molar-refractivity contribution in [1.82, 2.24) is 10.6 Å². The van der Waals surface area contributed by atoms with Gasteiger partial charge in [0.25, 0.3) is 0 Å². The van der Waals surface area contributed by atoms with E-state index in [1.807, 2.05) is 0 Å². The van der Waals surface area contributed by atoms with Gasteiger partial charge in [-0.1, -0.05) is 18.2 Å². The molecule has 0 spiro atoms. The minimum absolute atomic E-state index is 0.0161. The Balaban J connectivity index is 2.36. The van der Waals surface area contributed by atoms with Crippen molar-refractivity contribution in [2.75, 3.05) is 24.6 Å². The highest BCUT2D eigenvalue weighted by Gasteiger charge is 2.25. The second-order valence-corrected chi connectivity index (χ2v) is 6.53. The number of rotatable bonds is 4. The zero-order valence-corrected chi connectivity index (χ0v) is 10.4. The summed E-state index contributed by atoms with van der Waals surface area (Å²) in [6.45, 7) is 4.05. The van der Waals surface area contributed by atoms with Crippen LogP contribution in [0.2, 0.25) is 0 Å². The molecule has 1 atom stereocenters. The molecule has 0 bridgehead atoms. The number of hydrogen-bond acceptors (Lipinski definition) is 4. The molecule has 0 radical (unpaired) electrons. The van der Waals surface area contributed by atoms with Crippen LogP contribution < -0.4 is 10.6 Å². The van der Waals surface area contributed by atoms with Crippen molar-refractivity contribution in [2.24, 2.45) is 0 Å². The van der Waals surface area contributed by atoms with Gasteiger partial charge in [0.15, 0.2) is 9.84 Å². The molecule has 7 heteroatoms.